The van der Waals surface area contributed by atoms with Gasteiger partial charge < -0.3 is 10.6 Å². The Morgan fingerprint density at radius 1 is 1.33 bits per heavy atom. The molecule has 1 unspecified atom stereocenters. The number of piperidine rings is 1. The first-order valence-corrected chi connectivity index (χ1v) is 8.64. The molecule has 1 aliphatic carbocycles. The highest BCUT2D eigenvalue weighted by atomic mass is 79.9. The minimum Gasteiger partial charge on any atom is -0.348 e. The smallest absolute Gasteiger partial charge is 0.270 e. The number of pyridine rings is 1. The standard InChI is InChI=1S/C16H22BrN3O/c17-12-4-5-14(18-11-12)15(21)20-13-6-9-19-16(10-13)7-2-1-3-8-16/h4-5,11,13,19H,1-3,6-10H2,(H,20,21). The third kappa shape index (κ3) is 3.64. The van der Waals surface area contributed by atoms with Crippen molar-refractivity contribution in [2.75, 3.05) is 6.54 Å². The zero-order valence-corrected chi connectivity index (χ0v) is 13.8. The van der Waals surface area contributed by atoms with E-state index in [4.69, 9.17) is 0 Å². The van der Waals surface area contributed by atoms with Crippen molar-refractivity contribution < 1.29 is 4.79 Å². The minimum atomic E-state index is -0.0552. The van der Waals surface area contributed by atoms with Gasteiger partial charge in [0.25, 0.3) is 5.91 Å². The second-order valence-corrected chi connectivity index (χ2v) is 7.21. The number of amides is 1. The molecule has 5 heteroatoms. The van der Waals surface area contributed by atoms with Crippen molar-refractivity contribution >= 4 is 21.8 Å². The van der Waals surface area contributed by atoms with Crippen LogP contribution in [0.15, 0.2) is 22.8 Å². The number of halogens is 1. The highest BCUT2D eigenvalue weighted by molar-refractivity contribution is 9.10. The average molecular weight is 352 g/mol. The lowest BCUT2D eigenvalue weighted by Crippen LogP contribution is -2.57. The zero-order valence-electron chi connectivity index (χ0n) is 12.2. The van der Waals surface area contributed by atoms with Gasteiger partial charge in [0.05, 0.1) is 0 Å². The van der Waals surface area contributed by atoms with Crippen LogP contribution in [0.2, 0.25) is 0 Å². The molecule has 1 aliphatic heterocycles. The molecular weight excluding hydrogens is 330 g/mol. The number of hydrogen-bond donors (Lipinski definition) is 2. The van der Waals surface area contributed by atoms with Gasteiger partial charge in [0.2, 0.25) is 0 Å². The van der Waals surface area contributed by atoms with E-state index >= 15 is 0 Å². The van der Waals surface area contributed by atoms with E-state index in [9.17, 15) is 4.79 Å². The zero-order chi connectivity index (χ0) is 14.7. The first-order chi connectivity index (χ1) is 10.2. The van der Waals surface area contributed by atoms with Gasteiger partial charge in [-0.15, -0.1) is 0 Å². The maximum absolute atomic E-state index is 12.3. The van der Waals surface area contributed by atoms with Crippen LogP contribution in [0.5, 0.6) is 0 Å². The van der Waals surface area contributed by atoms with Crippen LogP contribution in [-0.2, 0) is 0 Å². The number of rotatable bonds is 2. The van der Waals surface area contributed by atoms with Crippen molar-refractivity contribution in [1.29, 1.82) is 0 Å². The Hall–Kier alpha value is -0.940. The lowest BCUT2D eigenvalue weighted by molar-refractivity contribution is 0.0887. The Kier molecular flexibility index (Phi) is 4.60. The van der Waals surface area contributed by atoms with Crippen LogP contribution >= 0.6 is 15.9 Å². The largest absolute Gasteiger partial charge is 0.348 e. The van der Waals surface area contributed by atoms with E-state index in [-0.39, 0.29) is 17.5 Å². The fourth-order valence-electron chi connectivity index (χ4n) is 3.66. The Balaban J connectivity index is 1.61. The van der Waals surface area contributed by atoms with Crippen molar-refractivity contribution in [2.45, 2.75) is 56.5 Å². The molecule has 1 amide bonds. The molecule has 0 bridgehead atoms. The molecule has 2 N–H and O–H groups in total. The molecule has 1 saturated heterocycles. The summed E-state index contributed by atoms with van der Waals surface area (Å²) in [6.45, 7) is 0.999. The molecule has 1 aromatic rings. The van der Waals surface area contributed by atoms with Crippen molar-refractivity contribution in [1.82, 2.24) is 15.6 Å². The molecule has 2 heterocycles. The molecule has 3 rings (SSSR count). The molecular formula is C16H22BrN3O. The summed E-state index contributed by atoms with van der Waals surface area (Å²) in [5.41, 5.74) is 0.760. The Bertz CT molecular complexity index is 491. The van der Waals surface area contributed by atoms with Crippen LogP contribution in [0.4, 0.5) is 0 Å². The van der Waals surface area contributed by atoms with Gasteiger partial charge in [0.1, 0.15) is 5.69 Å². The molecule has 21 heavy (non-hydrogen) atoms. The number of nitrogens with one attached hydrogen (secondary N) is 2. The first kappa shape index (κ1) is 15.0. The summed E-state index contributed by atoms with van der Waals surface area (Å²) in [7, 11) is 0. The summed E-state index contributed by atoms with van der Waals surface area (Å²) >= 11 is 3.34. The molecule has 2 aliphatic rings. The van der Waals surface area contributed by atoms with E-state index in [1.54, 1.807) is 12.3 Å². The lowest BCUT2D eigenvalue weighted by Gasteiger charge is -2.44. The van der Waals surface area contributed by atoms with Crippen molar-refractivity contribution in [3.8, 4) is 0 Å². The quantitative estimate of drug-likeness (QED) is 0.860. The van der Waals surface area contributed by atoms with Gasteiger partial charge in [-0.2, -0.15) is 0 Å². The molecule has 1 atom stereocenters. The predicted molar refractivity (Wildman–Crippen MR) is 86.2 cm³/mol. The van der Waals surface area contributed by atoms with Gasteiger partial charge in [-0.3, -0.25) is 4.79 Å². The van der Waals surface area contributed by atoms with E-state index in [2.05, 4.69) is 31.5 Å². The first-order valence-electron chi connectivity index (χ1n) is 7.84. The van der Waals surface area contributed by atoms with Gasteiger partial charge in [0, 0.05) is 22.3 Å². The number of nitrogens with zero attached hydrogens (tertiary/aromatic N) is 1. The second kappa shape index (κ2) is 6.44. The molecule has 0 aromatic carbocycles. The summed E-state index contributed by atoms with van der Waals surface area (Å²) in [5.74, 6) is -0.0552. The maximum Gasteiger partial charge on any atom is 0.270 e. The molecule has 2 fully saturated rings. The SMILES string of the molecule is O=C(NC1CCNC2(CCCCC2)C1)c1ccc(Br)cn1. The Morgan fingerprint density at radius 3 is 2.86 bits per heavy atom. The third-order valence-corrected chi connectivity index (χ3v) is 5.20. The summed E-state index contributed by atoms with van der Waals surface area (Å²) < 4.78 is 0.891. The van der Waals surface area contributed by atoms with Crippen LogP contribution in [-0.4, -0.2) is 29.0 Å². The normalized spacial score (nSPS) is 24.7. The topological polar surface area (TPSA) is 54.0 Å². The van der Waals surface area contributed by atoms with E-state index in [0.29, 0.717) is 5.69 Å². The molecule has 4 nitrogen and oxygen atoms in total. The van der Waals surface area contributed by atoms with Gasteiger partial charge >= 0.3 is 0 Å². The molecule has 1 aromatic heterocycles. The highest BCUT2D eigenvalue weighted by Gasteiger charge is 2.37. The van der Waals surface area contributed by atoms with E-state index in [1.165, 1.54) is 32.1 Å². The summed E-state index contributed by atoms with van der Waals surface area (Å²) in [6, 6.07) is 3.88. The van der Waals surface area contributed by atoms with Crippen molar-refractivity contribution in [3.63, 3.8) is 0 Å². The van der Waals surface area contributed by atoms with E-state index in [1.807, 2.05) is 6.07 Å². The fraction of sp³-hybridized carbons (Fsp3) is 0.625. The third-order valence-electron chi connectivity index (χ3n) is 4.74. The molecule has 0 radical (unpaired) electrons. The van der Waals surface area contributed by atoms with Gasteiger partial charge in [-0.25, -0.2) is 4.98 Å². The lowest BCUT2D eigenvalue weighted by atomic mass is 9.75. The molecule has 114 valence electrons. The van der Waals surface area contributed by atoms with Crippen molar-refractivity contribution in [3.05, 3.63) is 28.5 Å². The minimum absolute atomic E-state index is 0.0552. The van der Waals surface area contributed by atoms with Crippen LogP contribution in [0.25, 0.3) is 0 Å². The number of aromatic nitrogens is 1. The molecule has 1 spiro atoms. The van der Waals surface area contributed by atoms with Crippen LogP contribution in [0, 0.1) is 0 Å². The van der Waals surface area contributed by atoms with Crippen LogP contribution in [0.3, 0.4) is 0 Å². The van der Waals surface area contributed by atoms with Crippen LogP contribution < -0.4 is 10.6 Å². The highest BCUT2D eigenvalue weighted by Crippen LogP contribution is 2.34. The average Bonchev–Trinajstić information content (AvgIpc) is 2.49. The predicted octanol–water partition coefficient (Wildman–Crippen LogP) is 3.03. The van der Waals surface area contributed by atoms with E-state index in [0.717, 1.165) is 23.9 Å². The number of carbonyl (C=O) groups is 1. The van der Waals surface area contributed by atoms with E-state index < -0.39 is 0 Å². The van der Waals surface area contributed by atoms with Crippen LogP contribution in [0.1, 0.15) is 55.4 Å². The van der Waals surface area contributed by atoms with Gasteiger partial charge in [0.15, 0.2) is 0 Å². The monoisotopic (exact) mass is 351 g/mol. The summed E-state index contributed by atoms with van der Waals surface area (Å²) in [4.78, 5) is 16.5. The van der Waals surface area contributed by atoms with Gasteiger partial charge in [-0.1, -0.05) is 19.3 Å². The van der Waals surface area contributed by atoms with Gasteiger partial charge in [-0.05, 0) is 60.3 Å². The fourth-order valence-corrected chi connectivity index (χ4v) is 3.89. The summed E-state index contributed by atoms with van der Waals surface area (Å²) in [5, 5.41) is 6.88. The Labute approximate surface area is 134 Å². The number of hydrogen-bond acceptors (Lipinski definition) is 3. The maximum atomic E-state index is 12.3. The number of carbonyl (C=O) groups excluding carboxylic acids is 1. The summed E-state index contributed by atoms with van der Waals surface area (Å²) in [6.07, 6.45) is 10.2. The Morgan fingerprint density at radius 2 is 2.14 bits per heavy atom. The molecule has 1 saturated carbocycles. The second-order valence-electron chi connectivity index (χ2n) is 6.29. The van der Waals surface area contributed by atoms with Crippen molar-refractivity contribution in [2.24, 2.45) is 0 Å².